The van der Waals surface area contributed by atoms with Crippen LogP contribution in [0, 0.1) is 11.6 Å². The number of carboxylic acids is 1. The molecule has 0 saturated carbocycles. The topological polar surface area (TPSA) is 107 Å². The Labute approximate surface area is 187 Å². The van der Waals surface area contributed by atoms with Crippen molar-refractivity contribution in [3.8, 4) is 17.2 Å². The van der Waals surface area contributed by atoms with E-state index in [1.165, 1.54) is 37.4 Å². The summed E-state index contributed by atoms with van der Waals surface area (Å²) >= 11 is 0. The minimum atomic E-state index is -1.15. The second-order valence-corrected chi connectivity index (χ2v) is 6.98. The van der Waals surface area contributed by atoms with Crippen LogP contribution in [0.3, 0.4) is 0 Å². The largest absolute Gasteiger partial charge is 0.488 e. The molecule has 0 unspecified atom stereocenters. The number of rotatable bonds is 9. The van der Waals surface area contributed by atoms with E-state index in [9.17, 15) is 18.4 Å². The van der Waals surface area contributed by atoms with Crippen molar-refractivity contribution in [1.82, 2.24) is 4.98 Å². The fourth-order valence-corrected chi connectivity index (χ4v) is 2.84. The van der Waals surface area contributed by atoms with Crippen molar-refractivity contribution in [3.63, 3.8) is 0 Å². The van der Waals surface area contributed by atoms with Crippen molar-refractivity contribution in [2.45, 2.75) is 13.0 Å². The van der Waals surface area contributed by atoms with Crippen LogP contribution in [0.15, 0.2) is 54.7 Å². The Kier molecular flexibility index (Phi) is 7.52. The van der Waals surface area contributed by atoms with Gasteiger partial charge in [-0.1, -0.05) is 0 Å². The highest BCUT2D eigenvalue weighted by atomic mass is 19.1. The predicted octanol–water partition coefficient (Wildman–Crippen LogP) is 4.52. The van der Waals surface area contributed by atoms with Crippen LogP contribution < -0.4 is 14.8 Å². The van der Waals surface area contributed by atoms with E-state index in [4.69, 9.17) is 19.3 Å². The number of halogens is 2. The van der Waals surface area contributed by atoms with Crippen molar-refractivity contribution < 1.29 is 37.7 Å². The molecule has 172 valence electrons. The zero-order chi connectivity index (χ0) is 24.0. The summed E-state index contributed by atoms with van der Waals surface area (Å²) in [6.07, 6.45) is 0.745. The SMILES string of the molecule is COC[C@H](C)Oc1cc(Oc2cc(F)cc(F)c2)cc(C(=O)Nc2ccc(C(=O)O)cn2)c1. The predicted molar refractivity (Wildman–Crippen MR) is 114 cm³/mol. The molecular formula is C23H20F2N2O6. The van der Waals surface area contributed by atoms with Crippen LogP contribution in [0.2, 0.25) is 0 Å². The number of carbonyl (C=O) groups is 2. The number of anilines is 1. The molecule has 33 heavy (non-hydrogen) atoms. The number of ether oxygens (including phenoxy) is 3. The molecule has 10 heteroatoms. The molecule has 2 N–H and O–H groups in total. The molecule has 8 nitrogen and oxygen atoms in total. The standard InChI is InChI=1S/C23H20F2N2O6/c1-13(12-31-2)32-18-5-15(22(28)27-21-4-3-14(11-26-21)23(29)30)6-19(10-18)33-20-8-16(24)7-17(25)9-20/h3-11,13H,12H2,1-2H3,(H,29,30)(H,26,27,28)/t13-/m0/s1. The third kappa shape index (κ3) is 6.71. The summed E-state index contributed by atoms with van der Waals surface area (Å²) in [5.74, 6) is -3.00. The van der Waals surface area contributed by atoms with Gasteiger partial charge in [-0.05, 0) is 31.2 Å². The van der Waals surface area contributed by atoms with Gasteiger partial charge in [0.15, 0.2) is 0 Å². The minimum absolute atomic E-state index is 0.0338. The summed E-state index contributed by atoms with van der Waals surface area (Å²) in [5, 5.41) is 11.5. The smallest absolute Gasteiger partial charge is 0.337 e. The lowest BCUT2D eigenvalue weighted by molar-refractivity contribution is 0.0696. The third-order valence-corrected chi connectivity index (χ3v) is 4.20. The number of aromatic carboxylic acids is 1. The molecule has 1 atom stereocenters. The lowest BCUT2D eigenvalue weighted by Crippen LogP contribution is -2.19. The summed E-state index contributed by atoms with van der Waals surface area (Å²) in [6.45, 7) is 2.04. The molecule has 0 aliphatic heterocycles. The summed E-state index contributed by atoms with van der Waals surface area (Å²) < 4.78 is 43.4. The Balaban J connectivity index is 1.88. The fraction of sp³-hybridized carbons (Fsp3) is 0.174. The normalized spacial score (nSPS) is 11.5. The quantitative estimate of drug-likeness (QED) is 0.486. The van der Waals surface area contributed by atoms with E-state index in [1.54, 1.807) is 6.92 Å². The Bertz CT molecular complexity index is 1130. The van der Waals surface area contributed by atoms with E-state index in [0.717, 1.165) is 18.3 Å². The van der Waals surface area contributed by atoms with Gasteiger partial charge in [0.05, 0.1) is 12.2 Å². The zero-order valence-electron chi connectivity index (χ0n) is 17.7. The molecule has 1 aromatic heterocycles. The van der Waals surface area contributed by atoms with E-state index in [1.807, 2.05) is 0 Å². The van der Waals surface area contributed by atoms with Gasteiger partial charge >= 0.3 is 5.97 Å². The summed E-state index contributed by atoms with van der Waals surface area (Å²) in [7, 11) is 1.51. The molecule has 0 fully saturated rings. The third-order valence-electron chi connectivity index (χ3n) is 4.20. The van der Waals surface area contributed by atoms with E-state index in [2.05, 4.69) is 10.3 Å². The first-order chi connectivity index (χ1) is 15.7. The van der Waals surface area contributed by atoms with Crippen molar-refractivity contribution in [2.24, 2.45) is 0 Å². The van der Waals surface area contributed by atoms with E-state index < -0.39 is 23.5 Å². The van der Waals surface area contributed by atoms with Crippen LogP contribution in [-0.2, 0) is 4.74 Å². The van der Waals surface area contributed by atoms with Gasteiger partial charge in [-0.3, -0.25) is 4.79 Å². The lowest BCUT2D eigenvalue weighted by atomic mass is 10.1. The number of hydrogen-bond donors (Lipinski definition) is 2. The maximum atomic E-state index is 13.5. The number of nitrogens with zero attached hydrogens (tertiary/aromatic N) is 1. The number of nitrogens with one attached hydrogen (secondary N) is 1. The van der Waals surface area contributed by atoms with Crippen molar-refractivity contribution in [3.05, 3.63) is 77.5 Å². The summed E-state index contributed by atoms with van der Waals surface area (Å²) in [5.41, 5.74) is 0.0710. The van der Waals surface area contributed by atoms with Crippen molar-refractivity contribution in [1.29, 1.82) is 0 Å². The van der Waals surface area contributed by atoms with E-state index in [-0.39, 0.29) is 46.9 Å². The van der Waals surface area contributed by atoms with Crippen LogP contribution in [0.5, 0.6) is 17.2 Å². The molecule has 0 saturated heterocycles. The number of benzene rings is 2. The van der Waals surface area contributed by atoms with Crippen LogP contribution in [0.4, 0.5) is 14.6 Å². The number of hydrogen-bond acceptors (Lipinski definition) is 6. The van der Waals surface area contributed by atoms with Gasteiger partial charge in [0, 0.05) is 43.1 Å². The average molecular weight is 458 g/mol. The number of carboxylic acid groups (broad SMARTS) is 1. The van der Waals surface area contributed by atoms with E-state index >= 15 is 0 Å². The van der Waals surface area contributed by atoms with Gasteiger partial charge in [-0.25, -0.2) is 18.6 Å². The molecule has 2 aromatic carbocycles. The van der Waals surface area contributed by atoms with Crippen LogP contribution in [-0.4, -0.2) is 41.8 Å². The molecule has 3 rings (SSSR count). The highest BCUT2D eigenvalue weighted by molar-refractivity contribution is 6.04. The number of aromatic nitrogens is 1. The first-order valence-corrected chi connectivity index (χ1v) is 9.69. The molecule has 3 aromatic rings. The molecule has 0 aliphatic rings. The Morgan fingerprint density at radius 3 is 2.27 bits per heavy atom. The van der Waals surface area contributed by atoms with E-state index in [0.29, 0.717) is 6.07 Å². The first kappa shape index (κ1) is 23.6. The number of pyridine rings is 1. The van der Waals surface area contributed by atoms with Gasteiger partial charge in [-0.15, -0.1) is 0 Å². The van der Waals surface area contributed by atoms with Crippen LogP contribution >= 0.6 is 0 Å². The zero-order valence-corrected chi connectivity index (χ0v) is 17.7. The lowest BCUT2D eigenvalue weighted by Gasteiger charge is -2.16. The second-order valence-electron chi connectivity index (χ2n) is 6.98. The number of carbonyl (C=O) groups excluding carboxylic acids is 1. The number of amides is 1. The molecular weight excluding hydrogens is 438 g/mol. The molecule has 0 bridgehead atoms. The van der Waals surface area contributed by atoms with Gasteiger partial charge in [0.25, 0.3) is 5.91 Å². The summed E-state index contributed by atoms with van der Waals surface area (Å²) in [6, 6.07) is 9.62. The first-order valence-electron chi connectivity index (χ1n) is 9.69. The Morgan fingerprint density at radius 2 is 1.67 bits per heavy atom. The van der Waals surface area contributed by atoms with Gasteiger partial charge in [-0.2, -0.15) is 0 Å². The molecule has 0 spiro atoms. The minimum Gasteiger partial charge on any atom is -0.488 e. The highest BCUT2D eigenvalue weighted by Crippen LogP contribution is 2.29. The van der Waals surface area contributed by atoms with Gasteiger partial charge < -0.3 is 24.6 Å². The van der Waals surface area contributed by atoms with Crippen LogP contribution in [0.25, 0.3) is 0 Å². The molecule has 0 aliphatic carbocycles. The van der Waals surface area contributed by atoms with Crippen LogP contribution in [0.1, 0.15) is 27.6 Å². The van der Waals surface area contributed by atoms with Crippen molar-refractivity contribution in [2.75, 3.05) is 19.0 Å². The Morgan fingerprint density at radius 1 is 1.00 bits per heavy atom. The summed E-state index contributed by atoms with van der Waals surface area (Å²) in [4.78, 5) is 27.6. The highest BCUT2D eigenvalue weighted by Gasteiger charge is 2.15. The fourth-order valence-electron chi connectivity index (χ4n) is 2.84. The average Bonchev–Trinajstić information content (AvgIpc) is 2.73. The molecule has 0 radical (unpaired) electrons. The monoisotopic (exact) mass is 458 g/mol. The Hall–Kier alpha value is -4.05. The second kappa shape index (κ2) is 10.5. The van der Waals surface area contributed by atoms with Crippen molar-refractivity contribution >= 4 is 17.7 Å². The molecule has 1 amide bonds. The maximum Gasteiger partial charge on any atom is 0.337 e. The molecule has 1 heterocycles. The van der Waals surface area contributed by atoms with Gasteiger partial charge in [0.2, 0.25) is 0 Å². The van der Waals surface area contributed by atoms with Gasteiger partial charge in [0.1, 0.15) is 40.8 Å². The number of methoxy groups -OCH3 is 1. The maximum absolute atomic E-state index is 13.5.